The summed E-state index contributed by atoms with van der Waals surface area (Å²) >= 11 is 0. The topological polar surface area (TPSA) is 101 Å². The van der Waals surface area contributed by atoms with E-state index in [0.29, 0.717) is 15.9 Å². The lowest BCUT2D eigenvalue weighted by Gasteiger charge is -2.36. The van der Waals surface area contributed by atoms with Crippen molar-refractivity contribution in [3.8, 4) is 0 Å². The van der Waals surface area contributed by atoms with Crippen LogP contribution in [-0.2, 0) is 19.9 Å². The van der Waals surface area contributed by atoms with Gasteiger partial charge in [0.15, 0.2) is 12.1 Å². The molecule has 1 saturated carbocycles. The van der Waals surface area contributed by atoms with Crippen LogP contribution in [0.4, 0.5) is 5.82 Å². The number of anilines is 1. The summed E-state index contributed by atoms with van der Waals surface area (Å²) in [4.78, 5) is 33.8. The van der Waals surface area contributed by atoms with Crippen molar-refractivity contribution in [3.05, 3.63) is 54.5 Å². The quantitative estimate of drug-likeness (QED) is 0.471. The van der Waals surface area contributed by atoms with E-state index in [1.807, 2.05) is 25.2 Å². The number of ether oxygens (including phenoxy) is 1. The van der Waals surface area contributed by atoms with E-state index in [4.69, 9.17) is 4.74 Å². The van der Waals surface area contributed by atoms with Crippen molar-refractivity contribution in [1.82, 2.24) is 9.97 Å². The molecule has 1 amide bonds. The molecule has 2 aromatic rings. The van der Waals surface area contributed by atoms with Crippen LogP contribution in [-0.4, -0.2) is 64.2 Å². The zero-order valence-corrected chi connectivity index (χ0v) is 19.2. The molecule has 0 bridgehead atoms. The van der Waals surface area contributed by atoms with Crippen molar-refractivity contribution >= 4 is 17.7 Å². The number of hydrogen-bond donors (Lipinski definition) is 2. The predicted octanol–water partition coefficient (Wildman–Crippen LogP) is 2.65. The first kappa shape index (κ1) is 23.3. The number of aliphatic hydroxyl groups is 1. The molecule has 1 aliphatic heterocycles. The van der Waals surface area contributed by atoms with Crippen LogP contribution < -0.4 is 5.32 Å². The minimum atomic E-state index is -1.63. The molecule has 176 valence electrons. The normalized spacial score (nSPS) is 24.8. The lowest BCUT2D eigenvalue weighted by molar-refractivity contribution is -0.913. The van der Waals surface area contributed by atoms with E-state index < -0.39 is 11.6 Å². The zero-order chi connectivity index (χ0) is 23.3. The maximum absolute atomic E-state index is 13.3. The Bertz CT molecular complexity index is 951. The van der Waals surface area contributed by atoms with Crippen LogP contribution in [0.2, 0.25) is 0 Å². The van der Waals surface area contributed by atoms with Gasteiger partial charge < -0.3 is 19.6 Å². The Morgan fingerprint density at radius 1 is 1.15 bits per heavy atom. The highest BCUT2D eigenvalue weighted by Crippen LogP contribution is 2.41. The monoisotopic (exact) mass is 453 g/mol. The summed E-state index contributed by atoms with van der Waals surface area (Å²) < 4.78 is 6.28. The number of rotatable bonds is 8. The number of likely N-dealkylation sites (N-methyl/N-ethyl adjacent to an activating group) is 1. The number of hydrogen-bond acceptors (Lipinski definition) is 6. The number of likely N-dealkylation sites (tertiary alicyclic amines) is 1. The molecular weight excluding hydrogens is 420 g/mol. The number of amides is 1. The van der Waals surface area contributed by atoms with Crippen LogP contribution in [0.15, 0.2) is 48.9 Å². The minimum absolute atomic E-state index is 0.00583. The first-order chi connectivity index (χ1) is 15.9. The molecule has 8 heteroatoms. The van der Waals surface area contributed by atoms with Crippen molar-refractivity contribution in [2.45, 2.75) is 50.2 Å². The van der Waals surface area contributed by atoms with Gasteiger partial charge in [-0.15, -0.1) is 0 Å². The lowest BCUT2D eigenvalue weighted by atomic mass is 9.80. The van der Waals surface area contributed by atoms with Crippen molar-refractivity contribution in [3.63, 3.8) is 0 Å². The number of quaternary nitrogens is 1. The van der Waals surface area contributed by atoms with Crippen molar-refractivity contribution < 1.29 is 23.9 Å². The average Bonchev–Trinajstić information content (AvgIpc) is 3.48. The summed E-state index contributed by atoms with van der Waals surface area (Å²) in [5.41, 5.74) is -1.04. The molecule has 2 unspecified atom stereocenters. The number of aromatic nitrogens is 2. The summed E-state index contributed by atoms with van der Waals surface area (Å²) in [6, 6.07) is 10.8. The number of carbonyl (C=O) groups excluding carboxylic acids is 2. The summed E-state index contributed by atoms with van der Waals surface area (Å²) in [5, 5.41) is 14.4. The van der Waals surface area contributed by atoms with Gasteiger partial charge in [0.05, 0.1) is 13.6 Å². The third kappa shape index (κ3) is 5.07. The molecule has 2 heterocycles. The minimum Gasteiger partial charge on any atom is -0.457 e. The Kier molecular flexibility index (Phi) is 7.05. The van der Waals surface area contributed by atoms with Gasteiger partial charge >= 0.3 is 5.97 Å². The lowest BCUT2D eigenvalue weighted by Crippen LogP contribution is -2.54. The summed E-state index contributed by atoms with van der Waals surface area (Å²) in [5.74, 6) is -0.394. The van der Waals surface area contributed by atoms with Crippen LogP contribution in [0, 0.1) is 5.92 Å². The first-order valence-electron chi connectivity index (χ1n) is 11.8. The molecule has 2 aliphatic rings. The SMILES string of the molecule is C[N@+]1(CC(=O)Nc2ccncn2)CCCC1COC(=O)C(O)(c1ccccc1)C1CCCC1. The number of nitrogens with zero attached hydrogens (tertiary/aromatic N) is 3. The van der Waals surface area contributed by atoms with Crippen molar-refractivity contribution in [1.29, 1.82) is 0 Å². The fourth-order valence-electron chi connectivity index (χ4n) is 5.37. The second kappa shape index (κ2) is 9.97. The summed E-state index contributed by atoms with van der Waals surface area (Å²) in [6.07, 6.45) is 8.40. The Labute approximate surface area is 194 Å². The van der Waals surface area contributed by atoms with Crippen molar-refractivity contribution in [2.24, 2.45) is 5.92 Å². The van der Waals surface area contributed by atoms with Gasteiger partial charge in [-0.3, -0.25) is 4.79 Å². The maximum Gasteiger partial charge on any atom is 0.343 e. The van der Waals surface area contributed by atoms with E-state index in [1.54, 1.807) is 24.4 Å². The van der Waals surface area contributed by atoms with Crippen LogP contribution in [0.25, 0.3) is 0 Å². The Balaban J connectivity index is 1.42. The summed E-state index contributed by atoms with van der Waals surface area (Å²) in [7, 11) is 2.02. The molecule has 0 spiro atoms. The van der Waals surface area contributed by atoms with Crippen LogP contribution in [0.5, 0.6) is 0 Å². The Morgan fingerprint density at radius 3 is 2.61 bits per heavy atom. The highest BCUT2D eigenvalue weighted by molar-refractivity contribution is 5.90. The van der Waals surface area contributed by atoms with E-state index in [-0.39, 0.29) is 31.0 Å². The zero-order valence-electron chi connectivity index (χ0n) is 19.2. The van der Waals surface area contributed by atoms with Gasteiger partial charge in [0.2, 0.25) is 0 Å². The summed E-state index contributed by atoms with van der Waals surface area (Å²) in [6.45, 7) is 1.26. The maximum atomic E-state index is 13.3. The molecule has 33 heavy (non-hydrogen) atoms. The van der Waals surface area contributed by atoms with Gasteiger partial charge in [-0.25, -0.2) is 14.8 Å². The Hall–Kier alpha value is -2.84. The Morgan fingerprint density at radius 2 is 1.91 bits per heavy atom. The molecule has 1 saturated heterocycles. The largest absolute Gasteiger partial charge is 0.457 e. The molecule has 8 nitrogen and oxygen atoms in total. The first-order valence-corrected chi connectivity index (χ1v) is 11.8. The van der Waals surface area contributed by atoms with Gasteiger partial charge in [-0.05, 0) is 24.5 Å². The highest BCUT2D eigenvalue weighted by atomic mass is 16.6. The van der Waals surface area contributed by atoms with Gasteiger partial charge in [-0.2, -0.15) is 0 Å². The van der Waals surface area contributed by atoms with Crippen LogP contribution in [0.1, 0.15) is 44.1 Å². The van der Waals surface area contributed by atoms with E-state index in [1.165, 1.54) is 6.33 Å². The van der Waals surface area contributed by atoms with Gasteiger partial charge in [-0.1, -0.05) is 43.2 Å². The number of esters is 1. The van der Waals surface area contributed by atoms with E-state index in [2.05, 4.69) is 15.3 Å². The second-order valence-electron chi connectivity index (χ2n) is 9.51. The van der Waals surface area contributed by atoms with Gasteiger partial charge in [0.25, 0.3) is 5.91 Å². The molecule has 1 aromatic carbocycles. The standard InChI is InChI=1S/C25H32N4O4/c1-29(16-23(30)28-22-13-14-26-18-27-22)15-7-12-21(29)17-33-24(31)25(32,20-10-5-6-11-20)19-8-3-2-4-9-19/h2-4,8-9,13-14,18,20-21,32H,5-7,10-12,15-17H2,1H3/p+1/t21?,25?,29-/m1/s1. The molecule has 1 aliphatic carbocycles. The fourth-order valence-corrected chi connectivity index (χ4v) is 5.37. The fraction of sp³-hybridized carbons (Fsp3) is 0.520. The van der Waals surface area contributed by atoms with Gasteiger partial charge in [0.1, 0.15) is 24.8 Å². The third-order valence-corrected chi connectivity index (χ3v) is 7.32. The van der Waals surface area contributed by atoms with Gasteiger partial charge in [0, 0.05) is 25.0 Å². The average molecular weight is 454 g/mol. The molecule has 0 radical (unpaired) electrons. The number of carbonyl (C=O) groups is 2. The molecule has 3 atom stereocenters. The third-order valence-electron chi connectivity index (χ3n) is 7.32. The van der Waals surface area contributed by atoms with E-state index in [0.717, 1.165) is 45.1 Å². The number of benzene rings is 1. The van der Waals surface area contributed by atoms with Crippen molar-refractivity contribution in [2.75, 3.05) is 32.1 Å². The molecule has 4 rings (SSSR count). The molecule has 2 fully saturated rings. The smallest absolute Gasteiger partial charge is 0.343 e. The molecular formula is C25H33N4O4+. The van der Waals surface area contributed by atoms with E-state index in [9.17, 15) is 14.7 Å². The molecule has 1 aromatic heterocycles. The highest BCUT2D eigenvalue weighted by Gasteiger charge is 2.49. The molecule has 2 N–H and O–H groups in total. The van der Waals surface area contributed by atoms with E-state index >= 15 is 0 Å². The number of nitrogens with one attached hydrogen (secondary N) is 1. The predicted molar refractivity (Wildman–Crippen MR) is 123 cm³/mol. The van der Waals surface area contributed by atoms with Crippen LogP contribution in [0.3, 0.4) is 0 Å². The van der Waals surface area contributed by atoms with Crippen LogP contribution >= 0.6 is 0 Å². The second-order valence-corrected chi connectivity index (χ2v) is 9.51.